The van der Waals surface area contributed by atoms with Gasteiger partial charge in [0, 0.05) is 18.0 Å². The van der Waals surface area contributed by atoms with Crippen molar-refractivity contribution in [2.75, 3.05) is 5.73 Å². The van der Waals surface area contributed by atoms with E-state index in [2.05, 4.69) is 4.98 Å². The minimum atomic E-state index is 0.241. The zero-order chi connectivity index (χ0) is 9.97. The maximum atomic E-state index is 9.29. The zero-order valence-corrected chi connectivity index (χ0v) is 7.51. The van der Waals surface area contributed by atoms with Crippen LogP contribution in [-0.4, -0.2) is 10.1 Å². The summed E-state index contributed by atoms with van der Waals surface area (Å²) in [6, 6.07) is 8.81. The molecule has 2 aromatic rings. The van der Waals surface area contributed by atoms with Crippen LogP contribution in [0.5, 0.6) is 5.75 Å². The Labute approximate surface area is 81.8 Å². The highest BCUT2D eigenvalue weighted by molar-refractivity contribution is 5.66. The molecule has 3 N–H and O–H groups in total. The molecule has 1 aromatic heterocycles. The first-order valence-electron chi connectivity index (χ1n) is 4.25. The van der Waals surface area contributed by atoms with Gasteiger partial charge in [-0.15, -0.1) is 0 Å². The number of aromatic nitrogens is 1. The smallest absolute Gasteiger partial charge is 0.116 e. The van der Waals surface area contributed by atoms with Crippen LogP contribution in [0.15, 0.2) is 42.7 Å². The minimum absolute atomic E-state index is 0.241. The highest BCUT2D eigenvalue weighted by Gasteiger charge is 1.98. The summed E-state index contributed by atoms with van der Waals surface area (Å²) in [4.78, 5) is 3.98. The van der Waals surface area contributed by atoms with Crippen LogP contribution in [0.4, 0.5) is 5.69 Å². The van der Waals surface area contributed by atoms with Crippen molar-refractivity contribution in [3.05, 3.63) is 42.7 Å². The maximum Gasteiger partial charge on any atom is 0.116 e. The van der Waals surface area contributed by atoms with Gasteiger partial charge in [-0.2, -0.15) is 0 Å². The fraction of sp³-hybridized carbons (Fsp3) is 0. The Hall–Kier alpha value is -2.03. The van der Waals surface area contributed by atoms with Crippen molar-refractivity contribution in [2.45, 2.75) is 0 Å². The Morgan fingerprint density at radius 3 is 2.64 bits per heavy atom. The molecule has 0 aliphatic carbocycles. The number of pyridine rings is 1. The number of rotatable bonds is 1. The molecule has 2 rings (SSSR count). The Kier molecular flexibility index (Phi) is 2.07. The largest absolute Gasteiger partial charge is 0.508 e. The van der Waals surface area contributed by atoms with E-state index in [1.54, 1.807) is 30.6 Å². The van der Waals surface area contributed by atoms with E-state index in [1.807, 2.05) is 12.1 Å². The molecule has 70 valence electrons. The van der Waals surface area contributed by atoms with E-state index in [4.69, 9.17) is 5.73 Å². The molecule has 0 radical (unpaired) electrons. The standard InChI is InChI=1S/C11H10N2O/c12-10-4-9(6-13-7-10)8-2-1-3-11(14)5-8/h1-7,14H,12H2. The molecule has 0 saturated heterocycles. The van der Waals surface area contributed by atoms with Gasteiger partial charge in [0.05, 0.1) is 5.69 Å². The number of aromatic hydroxyl groups is 1. The lowest BCUT2D eigenvalue weighted by atomic mass is 10.1. The number of nitrogens with two attached hydrogens (primary N) is 1. The summed E-state index contributed by atoms with van der Waals surface area (Å²) in [7, 11) is 0. The first kappa shape index (κ1) is 8.56. The molecule has 0 spiro atoms. The topological polar surface area (TPSA) is 59.1 Å². The first-order chi connectivity index (χ1) is 6.75. The summed E-state index contributed by atoms with van der Waals surface area (Å²) in [6.07, 6.45) is 3.30. The molecule has 0 saturated carbocycles. The fourth-order valence-corrected chi connectivity index (χ4v) is 1.30. The monoisotopic (exact) mass is 186 g/mol. The quantitative estimate of drug-likeness (QED) is 0.716. The van der Waals surface area contributed by atoms with Crippen LogP contribution in [0.2, 0.25) is 0 Å². The molecular weight excluding hydrogens is 176 g/mol. The summed E-state index contributed by atoms with van der Waals surface area (Å²) < 4.78 is 0. The molecule has 3 nitrogen and oxygen atoms in total. The number of anilines is 1. The normalized spacial score (nSPS) is 10.0. The number of phenols is 1. The van der Waals surface area contributed by atoms with E-state index in [9.17, 15) is 5.11 Å². The van der Waals surface area contributed by atoms with Gasteiger partial charge in [0.15, 0.2) is 0 Å². The van der Waals surface area contributed by atoms with Crippen molar-refractivity contribution in [1.29, 1.82) is 0 Å². The number of phenolic OH excluding ortho intramolecular Hbond substituents is 1. The second kappa shape index (κ2) is 3.38. The fourth-order valence-electron chi connectivity index (χ4n) is 1.30. The molecule has 0 unspecified atom stereocenters. The van der Waals surface area contributed by atoms with Crippen molar-refractivity contribution in [2.24, 2.45) is 0 Å². The lowest BCUT2D eigenvalue weighted by Gasteiger charge is -2.02. The van der Waals surface area contributed by atoms with Crippen LogP contribution < -0.4 is 5.73 Å². The average molecular weight is 186 g/mol. The Balaban J connectivity index is 2.49. The predicted molar refractivity (Wildman–Crippen MR) is 55.8 cm³/mol. The first-order valence-corrected chi connectivity index (χ1v) is 4.25. The predicted octanol–water partition coefficient (Wildman–Crippen LogP) is 2.04. The van der Waals surface area contributed by atoms with Gasteiger partial charge in [-0.1, -0.05) is 12.1 Å². The van der Waals surface area contributed by atoms with Gasteiger partial charge in [-0.05, 0) is 23.8 Å². The van der Waals surface area contributed by atoms with Crippen LogP contribution in [-0.2, 0) is 0 Å². The Bertz CT molecular complexity index is 411. The number of benzene rings is 1. The van der Waals surface area contributed by atoms with Crippen molar-refractivity contribution < 1.29 is 5.11 Å². The third kappa shape index (κ3) is 1.66. The molecule has 14 heavy (non-hydrogen) atoms. The lowest BCUT2D eigenvalue weighted by Crippen LogP contribution is -1.87. The molecule has 0 fully saturated rings. The van der Waals surface area contributed by atoms with Crippen LogP contribution in [0.25, 0.3) is 11.1 Å². The molecular formula is C11H10N2O. The van der Waals surface area contributed by atoms with Crippen molar-refractivity contribution in [3.8, 4) is 16.9 Å². The summed E-state index contributed by atoms with van der Waals surface area (Å²) in [5.41, 5.74) is 8.04. The van der Waals surface area contributed by atoms with Gasteiger partial charge in [0.1, 0.15) is 5.75 Å². The Morgan fingerprint density at radius 1 is 1.07 bits per heavy atom. The third-order valence-electron chi connectivity index (χ3n) is 1.94. The van der Waals surface area contributed by atoms with Crippen LogP contribution in [0.1, 0.15) is 0 Å². The molecule has 0 bridgehead atoms. The van der Waals surface area contributed by atoms with Crippen LogP contribution in [0, 0.1) is 0 Å². The van der Waals surface area contributed by atoms with Crippen LogP contribution in [0.3, 0.4) is 0 Å². The minimum Gasteiger partial charge on any atom is -0.508 e. The molecule has 1 aromatic carbocycles. The van der Waals surface area contributed by atoms with Gasteiger partial charge >= 0.3 is 0 Å². The average Bonchev–Trinajstić information content (AvgIpc) is 2.18. The molecule has 0 amide bonds. The summed E-state index contributed by atoms with van der Waals surface area (Å²) in [5, 5.41) is 9.29. The second-order valence-electron chi connectivity index (χ2n) is 3.06. The van der Waals surface area contributed by atoms with Gasteiger partial charge < -0.3 is 10.8 Å². The van der Waals surface area contributed by atoms with E-state index in [0.717, 1.165) is 11.1 Å². The number of hydrogen-bond acceptors (Lipinski definition) is 3. The van der Waals surface area contributed by atoms with Gasteiger partial charge in [-0.3, -0.25) is 4.98 Å². The van der Waals surface area contributed by atoms with Gasteiger partial charge in [-0.25, -0.2) is 0 Å². The number of nitrogens with zero attached hydrogens (tertiary/aromatic N) is 1. The number of hydrogen-bond donors (Lipinski definition) is 2. The molecule has 3 heteroatoms. The number of nitrogen functional groups attached to an aromatic ring is 1. The van der Waals surface area contributed by atoms with Crippen molar-refractivity contribution >= 4 is 5.69 Å². The molecule has 1 heterocycles. The van der Waals surface area contributed by atoms with E-state index < -0.39 is 0 Å². The highest BCUT2D eigenvalue weighted by atomic mass is 16.3. The van der Waals surface area contributed by atoms with E-state index in [0.29, 0.717) is 5.69 Å². The molecule has 0 atom stereocenters. The zero-order valence-electron chi connectivity index (χ0n) is 7.51. The lowest BCUT2D eigenvalue weighted by molar-refractivity contribution is 0.475. The maximum absolute atomic E-state index is 9.29. The third-order valence-corrected chi connectivity index (χ3v) is 1.94. The van der Waals surface area contributed by atoms with Gasteiger partial charge in [0.2, 0.25) is 0 Å². The second-order valence-corrected chi connectivity index (χ2v) is 3.06. The molecule has 0 aliphatic rings. The summed E-state index contributed by atoms with van der Waals surface area (Å²) >= 11 is 0. The summed E-state index contributed by atoms with van der Waals surface area (Å²) in [6.45, 7) is 0. The van der Waals surface area contributed by atoms with E-state index >= 15 is 0 Å². The SMILES string of the molecule is Nc1cncc(-c2cccc(O)c2)c1. The highest BCUT2D eigenvalue weighted by Crippen LogP contribution is 2.23. The van der Waals surface area contributed by atoms with E-state index in [1.165, 1.54) is 0 Å². The van der Waals surface area contributed by atoms with Gasteiger partial charge in [0.25, 0.3) is 0 Å². The van der Waals surface area contributed by atoms with Crippen molar-refractivity contribution in [1.82, 2.24) is 4.98 Å². The Morgan fingerprint density at radius 2 is 1.93 bits per heavy atom. The molecule has 0 aliphatic heterocycles. The van der Waals surface area contributed by atoms with Crippen molar-refractivity contribution in [3.63, 3.8) is 0 Å². The van der Waals surface area contributed by atoms with E-state index in [-0.39, 0.29) is 5.75 Å². The van der Waals surface area contributed by atoms with Crippen LogP contribution >= 0.6 is 0 Å². The summed E-state index contributed by atoms with van der Waals surface area (Å²) in [5.74, 6) is 0.241.